The Labute approximate surface area is 143 Å². The third-order valence-corrected chi connectivity index (χ3v) is 3.19. The van der Waals surface area contributed by atoms with Gasteiger partial charge < -0.3 is 20.7 Å². The van der Waals surface area contributed by atoms with Crippen LogP contribution in [0.3, 0.4) is 0 Å². The van der Waals surface area contributed by atoms with Gasteiger partial charge in [-0.15, -0.1) is 12.4 Å². The molecule has 0 heterocycles. The summed E-state index contributed by atoms with van der Waals surface area (Å²) < 4.78 is 5.31. The zero-order valence-corrected chi connectivity index (χ0v) is 14.7. The van der Waals surface area contributed by atoms with Crippen molar-refractivity contribution in [3.8, 4) is 5.75 Å². The second-order valence-electron chi connectivity index (χ2n) is 6.00. The van der Waals surface area contributed by atoms with Crippen molar-refractivity contribution in [3.05, 3.63) is 30.3 Å². The molecule has 130 valence electrons. The number of hydrogen-bond acceptors (Lipinski definition) is 4. The molecule has 0 fully saturated rings. The molecule has 0 aliphatic rings. The number of carbonyl (C=O) groups excluding carboxylic acids is 2. The smallest absolute Gasteiger partial charge is 0.258 e. The van der Waals surface area contributed by atoms with Gasteiger partial charge in [0.05, 0.1) is 6.54 Å². The van der Waals surface area contributed by atoms with E-state index in [0.717, 1.165) is 0 Å². The Morgan fingerprint density at radius 2 is 1.87 bits per heavy atom. The lowest BCUT2D eigenvalue weighted by Crippen LogP contribution is -2.44. The minimum atomic E-state index is -0.330. The van der Waals surface area contributed by atoms with E-state index in [1.165, 1.54) is 0 Å². The first kappa shape index (κ1) is 21.2. The number of nitrogens with two attached hydrogens (primary N) is 1. The van der Waals surface area contributed by atoms with Crippen molar-refractivity contribution in [1.82, 2.24) is 10.2 Å². The molecule has 7 heteroatoms. The highest BCUT2D eigenvalue weighted by Crippen LogP contribution is 2.13. The summed E-state index contributed by atoms with van der Waals surface area (Å²) in [4.78, 5) is 25.2. The normalized spacial score (nSPS) is 10.4. The Morgan fingerprint density at radius 1 is 1.26 bits per heavy atom. The van der Waals surface area contributed by atoms with Gasteiger partial charge in [-0.3, -0.25) is 9.59 Å². The monoisotopic (exact) mass is 343 g/mol. The van der Waals surface area contributed by atoms with E-state index in [0.29, 0.717) is 18.8 Å². The van der Waals surface area contributed by atoms with Crippen molar-refractivity contribution in [2.75, 3.05) is 33.3 Å². The summed E-state index contributed by atoms with van der Waals surface area (Å²) in [5.41, 5.74) is 5.50. The van der Waals surface area contributed by atoms with Crippen LogP contribution in [0.15, 0.2) is 30.3 Å². The van der Waals surface area contributed by atoms with Gasteiger partial charge in [-0.05, 0) is 24.1 Å². The van der Waals surface area contributed by atoms with Crippen LogP contribution in [0.1, 0.15) is 13.8 Å². The Balaban J connectivity index is 0.00000484. The Morgan fingerprint density at radius 3 is 2.43 bits per heavy atom. The van der Waals surface area contributed by atoms with Gasteiger partial charge in [0, 0.05) is 13.6 Å². The number of carbonyl (C=O) groups is 2. The van der Waals surface area contributed by atoms with Gasteiger partial charge >= 0.3 is 0 Å². The van der Waals surface area contributed by atoms with Gasteiger partial charge in [0.25, 0.3) is 5.91 Å². The van der Waals surface area contributed by atoms with Crippen LogP contribution in [-0.4, -0.2) is 50.0 Å². The molecule has 0 saturated heterocycles. The summed E-state index contributed by atoms with van der Waals surface area (Å²) in [6, 6.07) is 9.04. The second kappa shape index (κ2) is 10.1. The number of nitrogens with one attached hydrogen (secondary N) is 1. The quantitative estimate of drug-likeness (QED) is 0.738. The number of rotatable bonds is 8. The van der Waals surface area contributed by atoms with E-state index >= 15 is 0 Å². The minimum Gasteiger partial charge on any atom is -0.484 e. The van der Waals surface area contributed by atoms with Gasteiger partial charge in [0.15, 0.2) is 6.61 Å². The maximum atomic E-state index is 11.9. The highest BCUT2D eigenvalue weighted by atomic mass is 35.5. The molecule has 0 saturated carbocycles. The topological polar surface area (TPSA) is 84.7 Å². The third-order valence-electron chi connectivity index (χ3n) is 3.19. The van der Waals surface area contributed by atoms with Crippen LogP contribution in [0.5, 0.6) is 5.75 Å². The molecule has 2 amide bonds. The summed E-state index contributed by atoms with van der Waals surface area (Å²) >= 11 is 0. The summed E-state index contributed by atoms with van der Waals surface area (Å²) in [6.07, 6.45) is 0. The van der Waals surface area contributed by atoms with Gasteiger partial charge in [-0.2, -0.15) is 0 Å². The SMILES string of the molecule is CN(CC(C)(C)CN)C(=O)CNC(=O)COc1ccccc1.Cl. The predicted molar refractivity (Wildman–Crippen MR) is 92.7 cm³/mol. The standard InChI is InChI=1S/C16H25N3O3.ClH/c1-16(2,11-17)12-19(3)15(21)9-18-14(20)10-22-13-7-5-4-6-8-13;/h4-8H,9-12,17H2,1-3H3,(H,18,20);1H. The first-order chi connectivity index (χ1) is 10.3. The third kappa shape index (κ3) is 8.42. The minimum absolute atomic E-state index is 0. The van der Waals surface area contributed by atoms with E-state index in [1.807, 2.05) is 32.0 Å². The molecule has 1 aromatic carbocycles. The molecule has 0 spiro atoms. The lowest BCUT2D eigenvalue weighted by molar-refractivity contribution is -0.133. The molecule has 1 aromatic rings. The number of halogens is 1. The summed E-state index contributed by atoms with van der Waals surface area (Å²) in [5.74, 6) is 0.129. The Kier molecular flexibility index (Phi) is 9.29. The Hall–Kier alpha value is -1.79. The van der Waals surface area contributed by atoms with Crippen LogP contribution in [0, 0.1) is 5.41 Å². The Bertz CT molecular complexity index is 495. The second-order valence-corrected chi connectivity index (χ2v) is 6.00. The van der Waals surface area contributed by atoms with E-state index in [2.05, 4.69) is 5.32 Å². The number of likely N-dealkylation sites (N-methyl/N-ethyl adjacent to an activating group) is 1. The number of ether oxygens (including phenoxy) is 1. The van der Waals surface area contributed by atoms with Gasteiger partial charge in [-0.1, -0.05) is 32.0 Å². The number of para-hydroxylation sites is 1. The average Bonchev–Trinajstić information content (AvgIpc) is 2.51. The van der Waals surface area contributed by atoms with Crippen LogP contribution >= 0.6 is 12.4 Å². The molecule has 0 aliphatic carbocycles. The van der Waals surface area contributed by atoms with Crippen LogP contribution < -0.4 is 15.8 Å². The van der Waals surface area contributed by atoms with Crippen LogP contribution in [0.2, 0.25) is 0 Å². The fraction of sp³-hybridized carbons (Fsp3) is 0.500. The van der Waals surface area contributed by atoms with Crippen molar-refractivity contribution in [1.29, 1.82) is 0 Å². The number of benzene rings is 1. The van der Waals surface area contributed by atoms with E-state index < -0.39 is 0 Å². The zero-order chi connectivity index (χ0) is 16.6. The summed E-state index contributed by atoms with van der Waals surface area (Å²) in [5, 5.41) is 2.55. The number of hydrogen-bond donors (Lipinski definition) is 2. The molecule has 0 aromatic heterocycles. The highest BCUT2D eigenvalue weighted by molar-refractivity contribution is 5.85. The molecule has 0 unspecified atom stereocenters. The van der Waals surface area contributed by atoms with Crippen LogP contribution in [0.25, 0.3) is 0 Å². The summed E-state index contributed by atoms with van der Waals surface area (Å²) in [6.45, 7) is 4.84. The van der Waals surface area contributed by atoms with Crippen molar-refractivity contribution >= 4 is 24.2 Å². The average molecular weight is 344 g/mol. The fourth-order valence-corrected chi connectivity index (χ4v) is 1.82. The zero-order valence-electron chi connectivity index (χ0n) is 13.9. The molecule has 1 rings (SSSR count). The van der Waals surface area contributed by atoms with Crippen LogP contribution in [0.4, 0.5) is 0 Å². The molecule has 0 aliphatic heterocycles. The molecule has 0 atom stereocenters. The van der Waals surface area contributed by atoms with E-state index in [-0.39, 0.29) is 42.8 Å². The van der Waals surface area contributed by atoms with Crippen molar-refractivity contribution in [3.63, 3.8) is 0 Å². The molecule has 23 heavy (non-hydrogen) atoms. The largest absolute Gasteiger partial charge is 0.484 e. The lowest BCUT2D eigenvalue weighted by Gasteiger charge is -2.29. The first-order valence-corrected chi connectivity index (χ1v) is 7.22. The van der Waals surface area contributed by atoms with Crippen molar-refractivity contribution in [2.45, 2.75) is 13.8 Å². The van der Waals surface area contributed by atoms with Crippen molar-refractivity contribution < 1.29 is 14.3 Å². The maximum Gasteiger partial charge on any atom is 0.258 e. The van der Waals surface area contributed by atoms with E-state index in [1.54, 1.807) is 24.1 Å². The number of amides is 2. The first-order valence-electron chi connectivity index (χ1n) is 7.22. The lowest BCUT2D eigenvalue weighted by atomic mass is 9.93. The van der Waals surface area contributed by atoms with E-state index in [9.17, 15) is 9.59 Å². The fourth-order valence-electron chi connectivity index (χ4n) is 1.82. The molecule has 3 N–H and O–H groups in total. The summed E-state index contributed by atoms with van der Waals surface area (Å²) in [7, 11) is 1.70. The predicted octanol–water partition coefficient (Wildman–Crippen LogP) is 1.05. The molecular weight excluding hydrogens is 318 g/mol. The highest BCUT2D eigenvalue weighted by Gasteiger charge is 2.21. The van der Waals surface area contributed by atoms with Crippen molar-refractivity contribution in [2.24, 2.45) is 11.1 Å². The maximum absolute atomic E-state index is 11.9. The van der Waals surface area contributed by atoms with E-state index in [4.69, 9.17) is 10.5 Å². The van der Waals surface area contributed by atoms with Gasteiger partial charge in [-0.25, -0.2) is 0 Å². The number of nitrogens with zero attached hydrogens (tertiary/aromatic N) is 1. The molecule has 0 bridgehead atoms. The molecular formula is C16H26ClN3O3. The van der Waals surface area contributed by atoms with Crippen LogP contribution in [-0.2, 0) is 9.59 Å². The molecule has 0 radical (unpaired) electrons. The van der Waals surface area contributed by atoms with Gasteiger partial charge in [0.2, 0.25) is 5.91 Å². The molecule has 6 nitrogen and oxygen atoms in total. The van der Waals surface area contributed by atoms with Gasteiger partial charge in [0.1, 0.15) is 5.75 Å².